The number of ether oxygens (including phenoxy) is 4. The molecule has 37 heavy (non-hydrogen) atoms. The van der Waals surface area contributed by atoms with E-state index in [2.05, 4.69) is 19.9 Å². The zero-order valence-electron chi connectivity index (χ0n) is 21.8. The molecule has 4 rings (SSSR count). The Balaban J connectivity index is 1.46. The lowest BCUT2D eigenvalue weighted by molar-refractivity contribution is -0.342. The molecule has 4 aliphatic rings. The van der Waals surface area contributed by atoms with E-state index >= 15 is 0 Å². The van der Waals surface area contributed by atoms with Crippen molar-refractivity contribution in [2.75, 3.05) is 26.4 Å². The Bertz CT molecular complexity index is 807. The minimum Gasteiger partial charge on any atom is -0.393 e. The first kappa shape index (κ1) is 29.3. The summed E-state index contributed by atoms with van der Waals surface area (Å²) in [7, 11) is 0. The van der Waals surface area contributed by atoms with Gasteiger partial charge in [-0.3, -0.25) is 0 Å². The van der Waals surface area contributed by atoms with Crippen LogP contribution in [0.2, 0.25) is 0 Å². The molecule has 3 fully saturated rings. The molecule has 12 atom stereocenters. The maximum absolute atomic E-state index is 10.7. The van der Waals surface area contributed by atoms with Gasteiger partial charge in [-0.2, -0.15) is 0 Å². The van der Waals surface area contributed by atoms with E-state index in [1.165, 1.54) is 0 Å². The van der Waals surface area contributed by atoms with Crippen molar-refractivity contribution in [2.45, 2.75) is 101 Å². The van der Waals surface area contributed by atoms with Gasteiger partial charge in [0.2, 0.25) is 0 Å². The third-order valence-corrected chi connectivity index (χ3v) is 9.04. The predicted molar refractivity (Wildman–Crippen MR) is 129 cm³/mol. The van der Waals surface area contributed by atoms with E-state index in [0.717, 1.165) is 31.3 Å². The number of fused-ring (bicyclic) bond motifs is 1. The smallest absolute Gasteiger partial charge is 0.187 e. The van der Waals surface area contributed by atoms with E-state index in [1.54, 1.807) is 0 Å². The van der Waals surface area contributed by atoms with Gasteiger partial charge in [-0.15, -0.1) is 0 Å². The minimum absolute atomic E-state index is 0.0386. The standard InChI is InChI=1S/C26H44O11/c1-13(2)15-6-7-25(3,17-5-4-14(9-27)8-16(15)17)37-23-21(31)20(30)19(29)18(36-23)10-34-24-22(32)26(33,11-28)12-35-24/h8,13,15-24,27-33H,4-7,9-12H2,1-3H3/t15-,16-,17-,18+,19+,20-,21+,22-,23-,24+,25+,26+/m0/s1. The van der Waals surface area contributed by atoms with Crippen LogP contribution in [0.3, 0.4) is 0 Å². The summed E-state index contributed by atoms with van der Waals surface area (Å²) in [5.41, 5.74) is -1.50. The van der Waals surface area contributed by atoms with Gasteiger partial charge < -0.3 is 54.7 Å². The third kappa shape index (κ3) is 5.64. The lowest BCUT2D eigenvalue weighted by Crippen LogP contribution is -2.62. The first-order valence-corrected chi connectivity index (χ1v) is 13.4. The molecule has 0 bridgehead atoms. The summed E-state index contributed by atoms with van der Waals surface area (Å²) in [5.74, 6) is 1.22. The molecule has 0 aromatic heterocycles. The molecule has 1 saturated carbocycles. The van der Waals surface area contributed by atoms with Crippen molar-refractivity contribution >= 4 is 0 Å². The van der Waals surface area contributed by atoms with Gasteiger partial charge in [-0.25, -0.2) is 0 Å². The van der Waals surface area contributed by atoms with Gasteiger partial charge in [0.15, 0.2) is 12.6 Å². The highest BCUT2D eigenvalue weighted by molar-refractivity contribution is 5.16. The predicted octanol–water partition coefficient (Wildman–Crippen LogP) is -0.963. The van der Waals surface area contributed by atoms with Gasteiger partial charge in [-0.1, -0.05) is 19.9 Å². The molecule has 2 aliphatic carbocycles. The Hall–Kier alpha value is -0.700. The summed E-state index contributed by atoms with van der Waals surface area (Å²) in [6.07, 6.45) is -4.28. The number of rotatable bonds is 8. The maximum Gasteiger partial charge on any atom is 0.187 e. The van der Waals surface area contributed by atoms with E-state index in [0.29, 0.717) is 11.8 Å². The first-order chi connectivity index (χ1) is 17.4. The van der Waals surface area contributed by atoms with E-state index in [9.17, 15) is 35.7 Å². The molecule has 214 valence electrons. The Morgan fingerprint density at radius 2 is 1.78 bits per heavy atom. The summed E-state index contributed by atoms with van der Waals surface area (Å²) < 4.78 is 23.1. The van der Waals surface area contributed by atoms with Crippen LogP contribution in [-0.4, -0.2) is 116 Å². The van der Waals surface area contributed by atoms with Crippen molar-refractivity contribution < 1.29 is 54.7 Å². The van der Waals surface area contributed by atoms with Crippen molar-refractivity contribution in [3.63, 3.8) is 0 Å². The second-order valence-corrected chi connectivity index (χ2v) is 11.8. The molecule has 2 saturated heterocycles. The molecule has 0 spiro atoms. The van der Waals surface area contributed by atoms with Crippen LogP contribution in [0.4, 0.5) is 0 Å². The highest BCUT2D eigenvalue weighted by Crippen LogP contribution is 2.52. The van der Waals surface area contributed by atoms with E-state index in [1.807, 2.05) is 6.92 Å². The first-order valence-electron chi connectivity index (χ1n) is 13.4. The summed E-state index contributed by atoms with van der Waals surface area (Å²) in [5, 5.41) is 71.2. The molecule has 0 radical (unpaired) electrons. The lowest BCUT2D eigenvalue weighted by atomic mass is 9.58. The van der Waals surface area contributed by atoms with Gasteiger partial charge in [0.1, 0.15) is 36.1 Å². The molecule has 11 heteroatoms. The monoisotopic (exact) mass is 532 g/mol. The van der Waals surface area contributed by atoms with Crippen LogP contribution in [0, 0.1) is 23.7 Å². The second-order valence-electron chi connectivity index (χ2n) is 11.8. The van der Waals surface area contributed by atoms with Crippen LogP contribution in [0.25, 0.3) is 0 Å². The van der Waals surface area contributed by atoms with Crippen molar-refractivity contribution in [1.29, 1.82) is 0 Å². The maximum atomic E-state index is 10.7. The molecule has 11 nitrogen and oxygen atoms in total. The van der Waals surface area contributed by atoms with Crippen LogP contribution in [-0.2, 0) is 18.9 Å². The van der Waals surface area contributed by atoms with Crippen molar-refractivity contribution in [1.82, 2.24) is 0 Å². The summed E-state index contributed by atoms with van der Waals surface area (Å²) in [4.78, 5) is 0. The quantitative estimate of drug-likeness (QED) is 0.191. The van der Waals surface area contributed by atoms with Crippen LogP contribution in [0.5, 0.6) is 0 Å². The largest absolute Gasteiger partial charge is 0.393 e. The SMILES string of the molecule is CC(C)[C@@H]1CC[C@@](C)(O[C@@H]2O[C@H](CO[C@@H]3OC[C@](O)(CO)[C@H]3O)[C@@H](O)[C@H](O)[C@H]2O)[C@H]2CCC(CO)=C[C@@H]12. The number of allylic oxidation sites excluding steroid dienone is 1. The van der Waals surface area contributed by atoms with Crippen molar-refractivity contribution in [3.8, 4) is 0 Å². The number of hydrogen-bond acceptors (Lipinski definition) is 11. The summed E-state index contributed by atoms with van der Waals surface area (Å²) in [6, 6.07) is 0. The molecule has 0 aromatic carbocycles. The topological polar surface area (TPSA) is 179 Å². The fourth-order valence-corrected chi connectivity index (χ4v) is 6.57. The van der Waals surface area contributed by atoms with Crippen molar-refractivity contribution in [2.24, 2.45) is 23.7 Å². The van der Waals surface area contributed by atoms with Gasteiger partial charge >= 0.3 is 0 Å². The zero-order valence-corrected chi connectivity index (χ0v) is 21.8. The molecule has 0 aromatic rings. The highest BCUT2D eigenvalue weighted by atomic mass is 16.7. The fraction of sp³-hybridized carbons (Fsp3) is 0.923. The lowest BCUT2D eigenvalue weighted by Gasteiger charge is -2.53. The molecule has 0 unspecified atom stereocenters. The molecular formula is C26H44O11. The average molecular weight is 533 g/mol. The molecule has 2 heterocycles. The van der Waals surface area contributed by atoms with Gasteiger partial charge in [0, 0.05) is 0 Å². The number of hydrogen-bond donors (Lipinski definition) is 7. The van der Waals surface area contributed by atoms with E-state index < -0.39 is 60.9 Å². The molecular weight excluding hydrogens is 488 g/mol. The number of aliphatic hydroxyl groups is 7. The van der Waals surface area contributed by atoms with Gasteiger partial charge in [0.05, 0.1) is 32.0 Å². The Morgan fingerprint density at radius 3 is 2.41 bits per heavy atom. The molecule has 7 N–H and O–H groups in total. The van der Waals surface area contributed by atoms with Crippen LogP contribution < -0.4 is 0 Å². The number of aliphatic hydroxyl groups excluding tert-OH is 6. The Kier molecular flexibility index (Phi) is 9.04. The Morgan fingerprint density at radius 1 is 1.05 bits per heavy atom. The van der Waals surface area contributed by atoms with E-state index in [-0.39, 0.29) is 31.7 Å². The van der Waals surface area contributed by atoms with Gasteiger partial charge in [0.25, 0.3) is 0 Å². The van der Waals surface area contributed by atoms with Crippen LogP contribution in [0.1, 0.15) is 46.5 Å². The van der Waals surface area contributed by atoms with Crippen LogP contribution >= 0.6 is 0 Å². The summed E-state index contributed by atoms with van der Waals surface area (Å²) in [6.45, 7) is 5.07. The summed E-state index contributed by atoms with van der Waals surface area (Å²) >= 11 is 0. The normalized spacial score (nSPS) is 48.7. The molecule has 0 amide bonds. The second kappa shape index (κ2) is 11.4. The fourth-order valence-electron chi connectivity index (χ4n) is 6.57. The Labute approximate surface area is 217 Å². The molecule has 2 aliphatic heterocycles. The van der Waals surface area contributed by atoms with E-state index in [4.69, 9.17) is 18.9 Å². The van der Waals surface area contributed by atoms with Gasteiger partial charge in [-0.05, 0) is 61.9 Å². The zero-order chi connectivity index (χ0) is 27.1. The minimum atomic E-state index is -1.86. The third-order valence-electron chi connectivity index (χ3n) is 9.04. The average Bonchev–Trinajstić information content (AvgIpc) is 3.17. The van der Waals surface area contributed by atoms with Crippen LogP contribution in [0.15, 0.2) is 11.6 Å². The highest BCUT2D eigenvalue weighted by Gasteiger charge is 2.53. The van der Waals surface area contributed by atoms with Crippen molar-refractivity contribution in [3.05, 3.63) is 11.6 Å².